The Bertz CT molecular complexity index is 281. The van der Waals surface area contributed by atoms with Crippen molar-refractivity contribution in [3.63, 3.8) is 0 Å². The molecule has 1 aliphatic carbocycles. The molecule has 2 N–H and O–H groups in total. The fourth-order valence-corrected chi connectivity index (χ4v) is 1.38. The Labute approximate surface area is 82.2 Å². The molecule has 0 aliphatic heterocycles. The van der Waals surface area contributed by atoms with Crippen LogP contribution in [0.2, 0.25) is 0 Å². The Morgan fingerprint density at radius 2 is 2.38 bits per heavy atom. The van der Waals surface area contributed by atoms with Gasteiger partial charge in [-0.3, -0.25) is 0 Å². The van der Waals surface area contributed by atoms with Crippen LogP contribution in [-0.4, -0.2) is 18.1 Å². The first-order valence-electron chi connectivity index (χ1n) is 3.94. The molecular weight excluding hydrogens is 190 g/mol. The maximum Gasteiger partial charge on any atom is 0.334 e. The number of allylic oxidation sites excluding steroid dienone is 2. The van der Waals surface area contributed by atoms with Crippen LogP contribution in [-0.2, 0) is 9.53 Å². The first-order valence-corrected chi connectivity index (χ1v) is 4.32. The summed E-state index contributed by atoms with van der Waals surface area (Å²) in [4.78, 5) is 10.2. The molecule has 72 valence electrons. The van der Waals surface area contributed by atoms with Crippen LogP contribution in [0, 0.1) is 5.92 Å². The van der Waals surface area contributed by atoms with Crippen LogP contribution in [0.25, 0.3) is 0 Å². The maximum atomic E-state index is 11.2. The van der Waals surface area contributed by atoms with E-state index < -0.39 is 5.00 Å². The first kappa shape index (κ1) is 10.3. The fourth-order valence-electron chi connectivity index (χ4n) is 1.19. The molecule has 0 aromatic carbocycles. The lowest BCUT2D eigenvalue weighted by atomic mass is 9.89. The molecule has 0 radical (unpaired) electrons. The fraction of sp³-hybridized carbons (Fsp3) is 0.444. The Balaban J connectivity index is 2.94. The van der Waals surface area contributed by atoms with Crippen LogP contribution in [0.15, 0.2) is 23.8 Å². The minimum absolute atomic E-state index is 0.244. The second kappa shape index (κ2) is 3.52. The van der Waals surface area contributed by atoms with Crippen molar-refractivity contribution >= 4 is 17.6 Å². The third-order valence-corrected chi connectivity index (χ3v) is 2.63. The summed E-state index contributed by atoms with van der Waals surface area (Å²) >= 11 is 5.96. The van der Waals surface area contributed by atoms with Crippen LogP contribution < -0.4 is 5.73 Å². The number of carbonyl (C=O) groups excluding carboxylic acids is 1. The number of hydrogen-bond donors (Lipinski definition) is 1. The molecule has 2 atom stereocenters. The number of alkyl halides is 1. The van der Waals surface area contributed by atoms with Gasteiger partial charge >= 0.3 is 5.97 Å². The van der Waals surface area contributed by atoms with E-state index in [1.54, 1.807) is 25.2 Å². The summed E-state index contributed by atoms with van der Waals surface area (Å²) in [5, 5.41) is 0. The average Bonchev–Trinajstić information content (AvgIpc) is 2.08. The zero-order chi connectivity index (χ0) is 10.1. The van der Waals surface area contributed by atoms with E-state index in [0.717, 1.165) is 0 Å². The summed E-state index contributed by atoms with van der Waals surface area (Å²) in [7, 11) is 1.33. The van der Waals surface area contributed by atoms with Crippen molar-refractivity contribution in [2.45, 2.75) is 11.9 Å². The Hall–Kier alpha value is -0.800. The molecule has 0 fully saturated rings. The summed E-state index contributed by atoms with van der Waals surface area (Å²) in [5.74, 6) is -0.626. The molecule has 0 spiro atoms. The predicted molar refractivity (Wildman–Crippen MR) is 51.2 cm³/mol. The van der Waals surface area contributed by atoms with E-state index in [4.69, 9.17) is 17.3 Å². The Morgan fingerprint density at radius 1 is 1.77 bits per heavy atom. The number of hydrogen-bond acceptors (Lipinski definition) is 3. The van der Waals surface area contributed by atoms with E-state index in [9.17, 15) is 4.79 Å². The highest BCUT2D eigenvalue weighted by Crippen LogP contribution is 2.31. The van der Waals surface area contributed by atoms with Crippen LogP contribution in [0.3, 0.4) is 0 Å². The van der Waals surface area contributed by atoms with Crippen molar-refractivity contribution in [1.29, 1.82) is 0 Å². The highest BCUT2D eigenvalue weighted by molar-refractivity contribution is 6.25. The molecule has 2 unspecified atom stereocenters. The second-order valence-corrected chi connectivity index (χ2v) is 3.68. The van der Waals surface area contributed by atoms with Crippen LogP contribution >= 0.6 is 11.6 Å². The van der Waals surface area contributed by atoms with E-state index in [2.05, 4.69) is 4.74 Å². The lowest BCUT2D eigenvalue weighted by Crippen LogP contribution is -2.41. The molecule has 3 nitrogen and oxygen atoms in total. The average molecular weight is 202 g/mol. The molecule has 0 heterocycles. The summed E-state index contributed by atoms with van der Waals surface area (Å²) < 4.78 is 4.60. The number of ether oxygens (including phenoxy) is 1. The van der Waals surface area contributed by atoms with Crippen molar-refractivity contribution in [2.24, 2.45) is 11.7 Å². The van der Waals surface area contributed by atoms with E-state index in [1.807, 2.05) is 0 Å². The number of methoxy groups -OCH3 is 1. The van der Waals surface area contributed by atoms with Gasteiger partial charge in [-0.1, -0.05) is 30.7 Å². The van der Waals surface area contributed by atoms with E-state index in [-0.39, 0.29) is 11.9 Å². The van der Waals surface area contributed by atoms with Gasteiger partial charge in [0.15, 0.2) is 0 Å². The van der Waals surface area contributed by atoms with Gasteiger partial charge in [0.2, 0.25) is 0 Å². The van der Waals surface area contributed by atoms with Gasteiger partial charge in [0.1, 0.15) is 5.00 Å². The second-order valence-electron chi connectivity index (χ2n) is 3.02. The van der Waals surface area contributed by atoms with E-state index >= 15 is 0 Å². The molecule has 0 aromatic heterocycles. The molecule has 1 aliphatic rings. The number of nitrogens with two attached hydrogens (primary N) is 1. The molecule has 0 saturated carbocycles. The van der Waals surface area contributed by atoms with Gasteiger partial charge in [-0.05, 0) is 6.08 Å². The quantitative estimate of drug-likeness (QED) is 0.394. The van der Waals surface area contributed by atoms with Crippen molar-refractivity contribution in [1.82, 2.24) is 0 Å². The summed E-state index contributed by atoms with van der Waals surface area (Å²) in [6, 6.07) is 0. The van der Waals surface area contributed by atoms with Gasteiger partial charge in [0, 0.05) is 11.5 Å². The summed E-state index contributed by atoms with van der Waals surface area (Å²) in [6.45, 7) is 1.79. The molecular formula is C9H12ClNO2. The van der Waals surface area contributed by atoms with Gasteiger partial charge in [-0.15, -0.1) is 0 Å². The maximum absolute atomic E-state index is 11.2. The van der Waals surface area contributed by atoms with Gasteiger partial charge in [-0.25, -0.2) is 4.79 Å². The third-order valence-electron chi connectivity index (χ3n) is 2.18. The zero-order valence-corrected chi connectivity index (χ0v) is 8.34. The number of esters is 1. The van der Waals surface area contributed by atoms with E-state index in [0.29, 0.717) is 5.57 Å². The Morgan fingerprint density at radius 3 is 2.92 bits per heavy atom. The van der Waals surface area contributed by atoms with Crippen LogP contribution in [0.5, 0.6) is 0 Å². The topological polar surface area (TPSA) is 52.3 Å². The highest BCUT2D eigenvalue weighted by Gasteiger charge is 2.34. The normalized spacial score (nSPS) is 32.6. The first-order chi connectivity index (χ1) is 5.99. The van der Waals surface area contributed by atoms with Gasteiger partial charge in [-0.2, -0.15) is 0 Å². The predicted octanol–water partition coefficient (Wildman–Crippen LogP) is 1.19. The largest absolute Gasteiger partial charge is 0.466 e. The summed E-state index contributed by atoms with van der Waals surface area (Å²) in [5.41, 5.74) is 6.24. The summed E-state index contributed by atoms with van der Waals surface area (Å²) in [6.07, 6.45) is 4.99. The van der Waals surface area contributed by atoms with Gasteiger partial charge in [0.05, 0.1) is 7.11 Å². The van der Waals surface area contributed by atoms with Crippen molar-refractivity contribution in [3.05, 3.63) is 23.8 Å². The zero-order valence-electron chi connectivity index (χ0n) is 7.58. The SMILES string of the molecule is COC(=O)C1=CC=CC(N)(Cl)C1C. The number of halogens is 1. The minimum atomic E-state index is -0.988. The van der Waals surface area contributed by atoms with Gasteiger partial charge in [0.25, 0.3) is 0 Å². The molecule has 0 amide bonds. The number of rotatable bonds is 1. The number of carbonyl (C=O) groups is 1. The lowest BCUT2D eigenvalue weighted by Gasteiger charge is -2.29. The van der Waals surface area contributed by atoms with Crippen LogP contribution in [0.4, 0.5) is 0 Å². The molecule has 0 aromatic rings. The molecule has 0 saturated heterocycles. The minimum Gasteiger partial charge on any atom is -0.466 e. The monoisotopic (exact) mass is 201 g/mol. The van der Waals surface area contributed by atoms with Crippen molar-refractivity contribution in [3.8, 4) is 0 Å². The van der Waals surface area contributed by atoms with Crippen LogP contribution in [0.1, 0.15) is 6.92 Å². The van der Waals surface area contributed by atoms with E-state index in [1.165, 1.54) is 7.11 Å². The smallest absolute Gasteiger partial charge is 0.334 e. The van der Waals surface area contributed by atoms with Crippen molar-refractivity contribution < 1.29 is 9.53 Å². The molecule has 0 bridgehead atoms. The molecule has 1 rings (SSSR count). The highest BCUT2D eigenvalue weighted by atomic mass is 35.5. The van der Waals surface area contributed by atoms with Gasteiger partial charge < -0.3 is 10.5 Å². The standard InChI is InChI=1S/C9H12ClNO2/c1-6-7(8(12)13-2)4-3-5-9(6,10)11/h3-6H,11H2,1-2H3. The third kappa shape index (κ3) is 1.92. The Kier molecular flexibility index (Phi) is 2.78. The molecule has 13 heavy (non-hydrogen) atoms. The van der Waals surface area contributed by atoms with Crippen molar-refractivity contribution in [2.75, 3.05) is 7.11 Å². The molecule has 4 heteroatoms. The lowest BCUT2D eigenvalue weighted by molar-refractivity contribution is -0.136.